The van der Waals surface area contributed by atoms with E-state index in [1.165, 1.54) is 12.8 Å². The Balaban J connectivity index is 2.06. The summed E-state index contributed by atoms with van der Waals surface area (Å²) in [5.41, 5.74) is 0.897. The molecule has 1 aliphatic carbocycles. The van der Waals surface area contributed by atoms with Gasteiger partial charge in [-0.2, -0.15) is 0 Å². The summed E-state index contributed by atoms with van der Waals surface area (Å²) in [5, 5.41) is 0. The van der Waals surface area contributed by atoms with E-state index in [0.29, 0.717) is 10.8 Å². The molecule has 3 aliphatic rings. The van der Waals surface area contributed by atoms with E-state index in [2.05, 4.69) is 20.8 Å². The predicted molar refractivity (Wildman–Crippen MR) is 51.7 cm³/mol. The van der Waals surface area contributed by atoms with Gasteiger partial charge in [0.05, 0.1) is 18.8 Å². The van der Waals surface area contributed by atoms with E-state index in [4.69, 9.17) is 9.47 Å². The van der Waals surface area contributed by atoms with Crippen LogP contribution in [-0.2, 0) is 9.47 Å². The maximum atomic E-state index is 5.86. The van der Waals surface area contributed by atoms with Crippen LogP contribution in [0.1, 0.15) is 33.6 Å². The number of fused-ring (bicyclic) bond motifs is 1. The highest BCUT2D eigenvalue weighted by Crippen LogP contribution is 2.65. The first-order valence-corrected chi connectivity index (χ1v) is 5.06. The van der Waals surface area contributed by atoms with Crippen molar-refractivity contribution in [2.45, 2.75) is 39.2 Å². The van der Waals surface area contributed by atoms with Crippen molar-refractivity contribution in [2.24, 2.45) is 10.8 Å². The zero-order valence-electron chi connectivity index (χ0n) is 9.14. The average molecular weight is 184 g/mol. The molecule has 2 aliphatic heterocycles. The molecule has 0 radical (unpaired) electrons. The highest BCUT2D eigenvalue weighted by atomic mass is 16.5. The van der Waals surface area contributed by atoms with Gasteiger partial charge < -0.3 is 9.47 Å². The van der Waals surface area contributed by atoms with Gasteiger partial charge in [-0.05, 0) is 18.3 Å². The van der Waals surface area contributed by atoms with Gasteiger partial charge in [0, 0.05) is 12.5 Å². The van der Waals surface area contributed by atoms with Crippen molar-refractivity contribution in [3.05, 3.63) is 0 Å². The Kier molecular flexibility index (Phi) is 1.81. The first-order chi connectivity index (χ1) is 5.93. The van der Waals surface area contributed by atoms with Gasteiger partial charge in [-0.25, -0.2) is 0 Å². The van der Waals surface area contributed by atoms with Crippen LogP contribution in [0.3, 0.4) is 0 Å². The molecule has 2 heteroatoms. The number of methoxy groups -OCH3 is 1. The monoisotopic (exact) mass is 184 g/mol. The lowest BCUT2D eigenvalue weighted by atomic mass is 9.52. The summed E-state index contributed by atoms with van der Waals surface area (Å²) in [5.74, 6) is 0. The van der Waals surface area contributed by atoms with Crippen LogP contribution in [0.5, 0.6) is 0 Å². The highest BCUT2D eigenvalue weighted by molar-refractivity contribution is 5.15. The maximum Gasteiger partial charge on any atom is 0.0927 e. The van der Waals surface area contributed by atoms with Gasteiger partial charge in [-0.1, -0.05) is 20.8 Å². The second-order valence-corrected chi connectivity index (χ2v) is 5.79. The molecule has 2 nitrogen and oxygen atoms in total. The Hall–Kier alpha value is -0.0800. The van der Waals surface area contributed by atoms with E-state index < -0.39 is 0 Å². The quantitative estimate of drug-likeness (QED) is 0.655. The van der Waals surface area contributed by atoms with Crippen molar-refractivity contribution < 1.29 is 9.47 Å². The molecule has 3 rings (SSSR count). The minimum absolute atomic E-state index is 0.0853. The molecule has 3 fully saturated rings. The molecule has 0 N–H and O–H groups in total. The van der Waals surface area contributed by atoms with Crippen molar-refractivity contribution in [3.8, 4) is 0 Å². The molecule has 76 valence electrons. The molecule has 0 unspecified atom stereocenters. The van der Waals surface area contributed by atoms with Crippen molar-refractivity contribution in [2.75, 3.05) is 20.3 Å². The van der Waals surface area contributed by atoms with Crippen molar-refractivity contribution in [3.63, 3.8) is 0 Å². The van der Waals surface area contributed by atoms with Crippen LogP contribution in [0.4, 0.5) is 0 Å². The van der Waals surface area contributed by atoms with E-state index in [9.17, 15) is 0 Å². The molecule has 2 saturated heterocycles. The smallest absolute Gasteiger partial charge is 0.0927 e. The van der Waals surface area contributed by atoms with Gasteiger partial charge in [-0.3, -0.25) is 0 Å². The zero-order chi connectivity index (χ0) is 9.74. The largest absolute Gasteiger partial charge is 0.382 e. The molecular weight excluding hydrogens is 164 g/mol. The van der Waals surface area contributed by atoms with Crippen molar-refractivity contribution in [1.29, 1.82) is 0 Å². The Morgan fingerprint density at radius 2 is 1.92 bits per heavy atom. The second-order valence-electron chi connectivity index (χ2n) is 5.79. The van der Waals surface area contributed by atoms with Crippen LogP contribution in [0.25, 0.3) is 0 Å². The van der Waals surface area contributed by atoms with E-state index in [1.54, 1.807) is 7.11 Å². The fraction of sp³-hybridized carbons (Fsp3) is 1.00. The van der Waals surface area contributed by atoms with E-state index >= 15 is 0 Å². The molecule has 0 aromatic heterocycles. The van der Waals surface area contributed by atoms with E-state index in [0.717, 1.165) is 13.2 Å². The standard InChI is InChI=1S/C11H20O2/c1-9(2,3)10-5-11(6-10,8-12-4)13-7-10/h5-8H2,1-4H3. The molecule has 0 aromatic rings. The molecule has 0 atom stereocenters. The zero-order valence-corrected chi connectivity index (χ0v) is 9.14. The van der Waals surface area contributed by atoms with Crippen LogP contribution in [0, 0.1) is 10.8 Å². The highest BCUT2D eigenvalue weighted by Gasteiger charge is 2.66. The van der Waals surface area contributed by atoms with Gasteiger partial charge in [-0.15, -0.1) is 0 Å². The number of hydrogen-bond acceptors (Lipinski definition) is 2. The molecule has 2 heterocycles. The summed E-state index contributed by atoms with van der Waals surface area (Å²) in [4.78, 5) is 0. The van der Waals surface area contributed by atoms with Gasteiger partial charge >= 0.3 is 0 Å². The molecule has 0 amide bonds. The summed E-state index contributed by atoms with van der Waals surface area (Å²) in [6.07, 6.45) is 2.38. The Bertz CT molecular complexity index is 209. The van der Waals surface area contributed by atoms with E-state index in [1.807, 2.05) is 0 Å². The normalized spacial score (nSPS) is 43.4. The number of hydrogen-bond donors (Lipinski definition) is 0. The lowest BCUT2D eigenvalue weighted by Gasteiger charge is -2.51. The van der Waals surface area contributed by atoms with Crippen LogP contribution in [0.15, 0.2) is 0 Å². The van der Waals surface area contributed by atoms with Crippen LogP contribution < -0.4 is 0 Å². The molecule has 13 heavy (non-hydrogen) atoms. The number of rotatable bonds is 2. The van der Waals surface area contributed by atoms with E-state index in [-0.39, 0.29) is 5.60 Å². The predicted octanol–water partition coefficient (Wildman–Crippen LogP) is 2.23. The first-order valence-electron chi connectivity index (χ1n) is 5.06. The summed E-state index contributed by atoms with van der Waals surface area (Å²) in [7, 11) is 1.76. The summed E-state index contributed by atoms with van der Waals surface area (Å²) in [6, 6.07) is 0. The summed E-state index contributed by atoms with van der Waals surface area (Å²) in [6.45, 7) is 8.65. The Morgan fingerprint density at radius 1 is 1.31 bits per heavy atom. The van der Waals surface area contributed by atoms with Gasteiger partial charge in [0.1, 0.15) is 0 Å². The fourth-order valence-corrected chi connectivity index (χ4v) is 2.83. The van der Waals surface area contributed by atoms with Crippen LogP contribution in [-0.4, -0.2) is 25.9 Å². The summed E-state index contributed by atoms with van der Waals surface area (Å²) >= 11 is 0. The van der Waals surface area contributed by atoms with Crippen LogP contribution in [0.2, 0.25) is 0 Å². The van der Waals surface area contributed by atoms with Gasteiger partial charge in [0.25, 0.3) is 0 Å². The van der Waals surface area contributed by atoms with Crippen LogP contribution >= 0.6 is 0 Å². The third kappa shape index (κ3) is 1.15. The third-order valence-electron chi connectivity index (χ3n) is 3.97. The Morgan fingerprint density at radius 3 is 2.31 bits per heavy atom. The lowest BCUT2D eigenvalue weighted by Crippen LogP contribution is -2.52. The minimum atomic E-state index is 0.0853. The van der Waals surface area contributed by atoms with Crippen molar-refractivity contribution >= 4 is 0 Å². The maximum absolute atomic E-state index is 5.86. The molecule has 0 spiro atoms. The van der Waals surface area contributed by atoms with Gasteiger partial charge in [0.15, 0.2) is 0 Å². The van der Waals surface area contributed by atoms with Gasteiger partial charge in [0.2, 0.25) is 0 Å². The summed E-state index contributed by atoms with van der Waals surface area (Å²) < 4.78 is 11.1. The average Bonchev–Trinajstić information content (AvgIpc) is 2.40. The first kappa shape index (κ1) is 9.47. The second kappa shape index (κ2) is 2.48. The lowest BCUT2D eigenvalue weighted by molar-refractivity contribution is -0.0905. The Labute approximate surface area is 80.6 Å². The molecule has 0 aromatic carbocycles. The number of ether oxygens (including phenoxy) is 2. The topological polar surface area (TPSA) is 18.5 Å². The fourth-order valence-electron chi connectivity index (χ4n) is 2.83. The molecule has 1 saturated carbocycles. The molecular formula is C11H20O2. The van der Waals surface area contributed by atoms with Crippen molar-refractivity contribution in [1.82, 2.24) is 0 Å². The molecule has 2 bridgehead atoms. The SMILES string of the molecule is COCC12CC(C(C)(C)C)(CO1)C2. The minimum Gasteiger partial charge on any atom is -0.382 e. The third-order valence-corrected chi connectivity index (χ3v) is 3.97.